The van der Waals surface area contributed by atoms with E-state index in [-0.39, 0.29) is 12.1 Å². The summed E-state index contributed by atoms with van der Waals surface area (Å²) in [4.78, 5) is 0. The molecule has 1 aliphatic heterocycles. The fraction of sp³-hybridized carbons (Fsp3) is 0.700. The van der Waals surface area contributed by atoms with Crippen LogP contribution in [0.3, 0.4) is 0 Å². The Morgan fingerprint density at radius 3 is 2.37 bits per heavy atom. The first-order valence-corrected chi connectivity index (χ1v) is 11.3. The molecule has 0 amide bonds. The van der Waals surface area contributed by atoms with E-state index in [4.69, 9.17) is 9.47 Å². The zero-order valence-corrected chi connectivity index (χ0v) is 17.6. The number of rotatable bonds is 7. The molecule has 0 aromatic heterocycles. The van der Waals surface area contributed by atoms with Gasteiger partial charge in [-0.2, -0.15) is 17.4 Å². The molecule has 6 nitrogen and oxygen atoms in total. The van der Waals surface area contributed by atoms with E-state index >= 15 is 0 Å². The molecule has 0 radical (unpaired) electrons. The maximum absolute atomic E-state index is 13.2. The van der Waals surface area contributed by atoms with E-state index in [0.717, 1.165) is 43.2 Å². The number of nitrogens with zero attached hydrogens (tertiary/aromatic N) is 1. The molecule has 0 spiro atoms. The number of fused-ring (bicyclic) bond motifs is 1. The van der Waals surface area contributed by atoms with E-state index in [1.165, 1.54) is 0 Å². The van der Waals surface area contributed by atoms with E-state index < -0.39 is 10.2 Å². The lowest BCUT2D eigenvalue weighted by Gasteiger charge is -2.38. The summed E-state index contributed by atoms with van der Waals surface area (Å²) < 4.78 is 41.9. The first-order valence-electron chi connectivity index (χ1n) is 9.89. The fourth-order valence-electron chi connectivity index (χ4n) is 4.31. The summed E-state index contributed by atoms with van der Waals surface area (Å²) in [6.45, 7) is 4.75. The van der Waals surface area contributed by atoms with Gasteiger partial charge >= 0.3 is 0 Å². The van der Waals surface area contributed by atoms with Crippen molar-refractivity contribution in [3.63, 3.8) is 0 Å². The van der Waals surface area contributed by atoms with Gasteiger partial charge in [0.25, 0.3) is 10.2 Å². The van der Waals surface area contributed by atoms with E-state index in [1.54, 1.807) is 18.5 Å². The highest BCUT2D eigenvalue weighted by Crippen LogP contribution is 2.41. The van der Waals surface area contributed by atoms with Crippen molar-refractivity contribution in [2.75, 3.05) is 20.8 Å². The van der Waals surface area contributed by atoms with Crippen LogP contribution in [0.2, 0.25) is 0 Å². The third kappa shape index (κ3) is 4.41. The number of nitrogens with one attached hydrogen (secondary N) is 1. The largest absolute Gasteiger partial charge is 0.493 e. The predicted molar refractivity (Wildman–Crippen MR) is 106 cm³/mol. The fourth-order valence-corrected chi connectivity index (χ4v) is 5.96. The van der Waals surface area contributed by atoms with Crippen LogP contribution >= 0.6 is 0 Å². The summed E-state index contributed by atoms with van der Waals surface area (Å²) in [5.74, 6) is 1.71. The zero-order chi connectivity index (χ0) is 19.6. The van der Waals surface area contributed by atoms with Gasteiger partial charge in [0.05, 0.1) is 20.3 Å². The maximum atomic E-state index is 13.2. The predicted octanol–water partition coefficient (Wildman–Crippen LogP) is 3.43. The van der Waals surface area contributed by atoms with Crippen LogP contribution in [0.15, 0.2) is 12.1 Å². The molecule has 2 aliphatic rings. The first-order chi connectivity index (χ1) is 12.9. The number of ether oxygens (including phenoxy) is 2. The smallest absolute Gasteiger partial charge is 0.280 e. The molecule has 0 bridgehead atoms. The van der Waals surface area contributed by atoms with Gasteiger partial charge in [0.1, 0.15) is 0 Å². The molecule has 1 saturated carbocycles. The molecule has 1 aliphatic carbocycles. The Hall–Kier alpha value is -1.31. The molecule has 1 fully saturated rings. The summed E-state index contributed by atoms with van der Waals surface area (Å²) in [5.41, 5.74) is 2.18. The van der Waals surface area contributed by atoms with Crippen molar-refractivity contribution >= 4 is 10.2 Å². The molecule has 7 heteroatoms. The van der Waals surface area contributed by atoms with Crippen molar-refractivity contribution in [2.45, 2.75) is 64.5 Å². The van der Waals surface area contributed by atoms with E-state index in [2.05, 4.69) is 18.6 Å². The Labute approximate surface area is 163 Å². The Morgan fingerprint density at radius 2 is 1.78 bits per heavy atom. The minimum Gasteiger partial charge on any atom is -0.493 e. The molecule has 0 saturated heterocycles. The van der Waals surface area contributed by atoms with Crippen LogP contribution in [0.5, 0.6) is 11.5 Å². The number of methoxy groups -OCH3 is 2. The van der Waals surface area contributed by atoms with Gasteiger partial charge < -0.3 is 9.47 Å². The number of benzene rings is 1. The molecule has 1 unspecified atom stereocenters. The third-order valence-electron chi connectivity index (χ3n) is 5.63. The maximum Gasteiger partial charge on any atom is 0.280 e. The minimum atomic E-state index is -3.53. The normalized spacial score (nSPS) is 21.4. The summed E-state index contributed by atoms with van der Waals surface area (Å²) in [7, 11) is -0.291. The van der Waals surface area contributed by atoms with Crippen molar-refractivity contribution in [1.29, 1.82) is 0 Å². The van der Waals surface area contributed by atoms with Crippen LogP contribution in [-0.4, -0.2) is 39.5 Å². The standard InChI is InChI=1S/C20H32N2O4S/c1-14(2)11-18-17-13-20(26-4)19(25-3)12-15(17)9-10-22(18)27(23,24)21-16-7-5-6-8-16/h12-14,16,18,21H,5-11H2,1-4H3. The van der Waals surface area contributed by atoms with Gasteiger partial charge in [0, 0.05) is 12.6 Å². The molecule has 152 valence electrons. The average molecular weight is 397 g/mol. The second kappa shape index (κ2) is 8.37. The molecule has 3 rings (SSSR count). The molecule has 1 N–H and O–H groups in total. The van der Waals surface area contributed by atoms with E-state index in [9.17, 15) is 8.42 Å². The van der Waals surface area contributed by atoms with Crippen molar-refractivity contribution in [3.05, 3.63) is 23.3 Å². The Balaban J connectivity index is 1.96. The average Bonchev–Trinajstić information content (AvgIpc) is 3.12. The second-order valence-electron chi connectivity index (χ2n) is 8.02. The zero-order valence-electron chi connectivity index (χ0n) is 16.8. The molecule has 1 aromatic carbocycles. The summed E-state index contributed by atoms with van der Waals surface area (Å²) in [6.07, 6.45) is 5.52. The summed E-state index contributed by atoms with van der Waals surface area (Å²) in [5, 5.41) is 0. The Kier molecular flexibility index (Phi) is 6.33. The quantitative estimate of drug-likeness (QED) is 0.767. The van der Waals surface area contributed by atoms with Crippen LogP contribution in [0.4, 0.5) is 0 Å². The minimum absolute atomic E-state index is 0.0708. The lowest BCUT2D eigenvalue weighted by molar-refractivity contribution is 0.263. The molecular formula is C20H32N2O4S. The Morgan fingerprint density at radius 1 is 1.15 bits per heavy atom. The van der Waals surface area contributed by atoms with Gasteiger partial charge in [0.2, 0.25) is 0 Å². The van der Waals surface area contributed by atoms with Gasteiger partial charge in [-0.3, -0.25) is 0 Å². The molecule has 27 heavy (non-hydrogen) atoms. The topological polar surface area (TPSA) is 67.9 Å². The second-order valence-corrected chi connectivity index (χ2v) is 9.67. The van der Waals surface area contributed by atoms with Gasteiger partial charge in [0.15, 0.2) is 11.5 Å². The highest BCUT2D eigenvalue weighted by Gasteiger charge is 2.37. The summed E-state index contributed by atoms with van der Waals surface area (Å²) >= 11 is 0. The molecule has 1 aromatic rings. The third-order valence-corrected chi connectivity index (χ3v) is 7.31. The van der Waals surface area contributed by atoms with Crippen molar-refractivity contribution in [3.8, 4) is 11.5 Å². The molecule has 1 heterocycles. The van der Waals surface area contributed by atoms with Crippen molar-refractivity contribution < 1.29 is 17.9 Å². The monoisotopic (exact) mass is 396 g/mol. The van der Waals surface area contributed by atoms with Crippen LogP contribution in [0, 0.1) is 5.92 Å². The highest BCUT2D eigenvalue weighted by atomic mass is 32.2. The van der Waals surface area contributed by atoms with Gasteiger partial charge in [-0.25, -0.2) is 0 Å². The van der Waals surface area contributed by atoms with Gasteiger partial charge in [-0.1, -0.05) is 26.7 Å². The van der Waals surface area contributed by atoms with Crippen LogP contribution in [0.25, 0.3) is 0 Å². The lowest BCUT2D eigenvalue weighted by Crippen LogP contribution is -2.48. The number of hydrogen-bond acceptors (Lipinski definition) is 4. The summed E-state index contributed by atoms with van der Waals surface area (Å²) in [6, 6.07) is 3.84. The molecular weight excluding hydrogens is 364 g/mol. The SMILES string of the molecule is COc1cc2c(cc1OC)C(CC(C)C)N(S(=O)(=O)NC1CCCC1)CC2. The van der Waals surface area contributed by atoms with Gasteiger partial charge in [-0.05, 0) is 54.9 Å². The lowest BCUT2D eigenvalue weighted by atomic mass is 9.89. The highest BCUT2D eigenvalue weighted by molar-refractivity contribution is 7.87. The van der Waals surface area contributed by atoms with Crippen molar-refractivity contribution in [1.82, 2.24) is 9.03 Å². The van der Waals surface area contributed by atoms with Crippen LogP contribution in [0.1, 0.15) is 63.1 Å². The van der Waals surface area contributed by atoms with E-state index in [0.29, 0.717) is 30.4 Å². The number of hydrogen-bond donors (Lipinski definition) is 1. The van der Waals surface area contributed by atoms with Crippen LogP contribution < -0.4 is 14.2 Å². The molecule has 1 atom stereocenters. The van der Waals surface area contributed by atoms with E-state index in [1.807, 2.05) is 12.1 Å². The first kappa shape index (κ1) is 20.4. The van der Waals surface area contributed by atoms with Gasteiger partial charge in [-0.15, -0.1) is 0 Å². The van der Waals surface area contributed by atoms with Crippen molar-refractivity contribution in [2.24, 2.45) is 5.92 Å². The van der Waals surface area contributed by atoms with Crippen LogP contribution in [-0.2, 0) is 16.6 Å². The Bertz CT molecular complexity index is 757.